The number of piperidine rings is 1. The smallest absolute Gasteiger partial charge is 0.223 e. The van der Waals surface area contributed by atoms with Crippen LogP contribution < -0.4 is 10.6 Å². The maximum absolute atomic E-state index is 13.7. The van der Waals surface area contributed by atoms with Crippen molar-refractivity contribution in [3.8, 4) is 0 Å². The Kier molecular flexibility index (Phi) is 6.97. The topological polar surface area (TPSA) is 41.1 Å². The first-order valence-electron chi connectivity index (χ1n) is 8.47. The van der Waals surface area contributed by atoms with Crippen molar-refractivity contribution in [2.45, 2.75) is 31.8 Å². The summed E-state index contributed by atoms with van der Waals surface area (Å²) in [6.07, 6.45) is 1.66. The molecule has 0 bridgehead atoms. The monoisotopic (exact) mass is 362 g/mol. The molecule has 1 saturated heterocycles. The number of halogens is 2. The van der Waals surface area contributed by atoms with Crippen LogP contribution in [0.2, 0.25) is 0 Å². The van der Waals surface area contributed by atoms with Crippen LogP contribution in [0.3, 0.4) is 0 Å². The summed E-state index contributed by atoms with van der Waals surface area (Å²) in [6.45, 7) is 2.95. The lowest BCUT2D eigenvalue weighted by molar-refractivity contribution is -0.126. The van der Waals surface area contributed by atoms with Crippen LogP contribution in [0, 0.1) is 11.7 Å². The van der Waals surface area contributed by atoms with Crippen molar-refractivity contribution in [1.29, 1.82) is 0 Å². The van der Waals surface area contributed by atoms with E-state index in [1.54, 1.807) is 6.07 Å². The van der Waals surface area contributed by atoms with Crippen molar-refractivity contribution in [3.63, 3.8) is 0 Å². The molecule has 0 aromatic heterocycles. The molecule has 0 aliphatic carbocycles. The number of amides is 1. The lowest BCUT2D eigenvalue weighted by Gasteiger charge is -2.29. The van der Waals surface area contributed by atoms with E-state index in [9.17, 15) is 9.18 Å². The van der Waals surface area contributed by atoms with Crippen LogP contribution in [-0.2, 0) is 4.79 Å². The fraction of sp³-hybridized carbons (Fsp3) is 0.350. The molecule has 0 radical (unpaired) electrons. The zero-order valence-electron chi connectivity index (χ0n) is 14.2. The summed E-state index contributed by atoms with van der Waals surface area (Å²) in [7, 11) is 0. The molecule has 134 valence electrons. The molecule has 2 aromatic rings. The van der Waals surface area contributed by atoms with E-state index in [-0.39, 0.29) is 36.1 Å². The van der Waals surface area contributed by atoms with Gasteiger partial charge < -0.3 is 10.6 Å². The third-order valence-electron chi connectivity index (χ3n) is 4.60. The third-order valence-corrected chi connectivity index (χ3v) is 4.60. The SMILES string of the molecule is C[C@H]1C[C@@H](C(=O)NC(c2ccccc2)c2cccc(F)c2)CCN1.Cl. The van der Waals surface area contributed by atoms with E-state index in [1.165, 1.54) is 12.1 Å². The van der Waals surface area contributed by atoms with Crippen LogP contribution in [-0.4, -0.2) is 18.5 Å². The zero-order chi connectivity index (χ0) is 16.9. The number of hydrogen-bond donors (Lipinski definition) is 2. The van der Waals surface area contributed by atoms with Gasteiger partial charge >= 0.3 is 0 Å². The van der Waals surface area contributed by atoms with Gasteiger partial charge in [-0.25, -0.2) is 4.39 Å². The first-order chi connectivity index (χ1) is 11.6. The lowest BCUT2D eigenvalue weighted by Crippen LogP contribution is -2.43. The van der Waals surface area contributed by atoms with Gasteiger partial charge in [-0.2, -0.15) is 0 Å². The Morgan fingerprint density at radius 2 is 1.88 bits per heavy atom. The van der Waals surface area contributed by atoms with Gasteiger partial charge in [0, 0.05) is 12.0 Å². The predicted molar refractivity (Wildman–Crippen MR) is 100 cm³/mol. The Balaban J connectivity index is 0.00000225. The minimum atomic E-state index is -0.334. The van der Waals surface area contributed by atoms with Gasteiger partial charge in [-0.15, -0.1) is 12.4 Å². The van der Waals surface area contributed by atoms with Crippen molar-refractivity contribution in [2.75, 3.05) is 6.54 Å². The van der Waals surface area contributed by atoms with Gasteiger partial charge in [-0.05, 0) is 49.6 Å². The van der Waals surface area contributed by atoms with Gasteiger partial charge in [0.2, 0.25) is 5.91 Å². The summed E-state index contributed by atoms with van der Waals surface area (Å²) in [5, 5.41) is 6.50. The molecular formula is C20H24ClFN2O. The highest BCUT2D eigenvalue weighted by molar-refractivity contribution is 5.85. The minimum absolute atomic E-state index is 0. The molecule has 1 fully saturated rings. The molecule has 1 heterocycles. The van der Waals surface area contributed by atoms with Crippen LogP contribution in [0.5, 0.6) is 0 Å². The van der Waals surface area contributed by atoms with Crippen LogP contribution in [0.4, 0.5) is 4.39 Å². The quantitative estimate of drug-likeness (QED) is 0.867. The molecule has 2 aromatic carbocycles. The van der Waals surface area contributed by atoms with Gasteiger partial charge in [0.25, 0.3) is 0 Å². The van der Waals surface area contributed by atoms with Gasteiger partial charge in [0.05, 0.1) is 6.04 Å². The Morgan fingerprint density at radius 1 is 1.16 bits per heavy atom. The van der Waals surface area contributed by atoms with Gasteiger partial charge in [0.1, 0.15) is 5.82 Å². The molecule has 1 aliphatic rings. The molecule has 2 N–H and O–H groups in total. The standard InChI is InChI=1S/C20H23FN2O.ClH/c1-14-12-17(10-11-22-14)20(24)23-19(15-6-3-2-4-7-15)16-8-5-9-18(21)13-16;/h2-9,13-14,17,19,22H,10-12H2,1H3,(H,23,24);1H/t14-,17-,19?;/m0./s1. The highest BCUT2D eigenvalue weighted by Crippen LogP contribution is 2.25. The minimum Gasteiger partial charge on any atom is -0.345 e. The van der Waals surface area contributed by atoms with E-state index in [2.05, 4.69) is 17.6 Å². The van der Waals surface area contributed by atoms with Crippen LogP contribution >= 0.6 is 12.4 Å². The molecule has 5 heteroatoms. The highest BCUT2D eigenvalue weighted by atomic mass is 35.5. The summed E-state index contributed by atoms with van der Waals surface area (Å²) < 4.78 is 13.7. The second kappa shape index (κ2) is 8.97. The first-order valence-corrected chi connectivity index (χ1v) is 8.47. The second-order valence-electron chi connectivity index (χ2n) is 6.48. The summed E-state index contributed by atoms with van der Waals surface area (Å²) in [5.74, 6) is -0.249. The van der Waals surface area contributed by atoms with Crippen LogP contribution in [0.25, 0.3) is 0 Å². The Morgan fingerprint density at radius 3 is 2.56 bits per heavy atom. The number of carbonyl (C=O) groups excluding carboxylic acids is 1. The Labute approximate surface area is 154 Å². The van der Waals surface area contributed by atoms with Crippen molar-refractivity contribution < 1.29 is 9.18 Å². The second-order valence-corrected chi connectivity index (χ2v) is 6.48. The molecular weight excluding hydrogens is 339 g/mol. The molecule has 0 saturated carbocycles. The number of benzene rings is 2. The fourth-order valence-electron chi connectivity index (χ4n) is 3.32. The van der Waals surface area contributed by atoms with E-state index in [0.29, 0.717) is 6.04 Å². The molecule has 1 unspecified atom stereocenters. The maximum Gasteiger partial charge on any atom is 0.223 e. The maximum atomic E-state index is 13.7. The van der Waals surface area contributed by atoms with Gasteiger partial charge in [-0.3, -0.25) is 4.79 Å². The van der Waals surface area contributed by atoms with Crippen molar-refractivity contribution in [1.82, 2.24) is 10.6 Å². The molecule has 3 atom stereocenters. The Hall–Kier alpha value is -1.91. The van der Waals surface area contributed by atoms with E-state index >= 15 is 0 Å². The molecule has 25 heavy (non-hydrogen) atoms. The number of nitrogens with one attached hydrogen (secondary N) is 2. The molecule has 1 amide bonds. The summed E-state index contributed by atoms with van der Waals surface area (Å²) >= 11 is 0. The lowest BCUT2D eigenvalue weighted by atomic mass is 9.91. The molecule has 3 rings (SSSR count). The predicted octanol–water partition coefficient (Wildman–Crippen LogP) is 3.84. The summed E-state index contributed by atoms with van der Waals surface area (Å²) in [4.78, 5) is 12.8. The molecule has 1 aliphatic heterocycles. The average Bonchev–Trinajstić information content (AvgIpc) is 2.60. The van der Waals surface area contributed by atoms with Gasteiger partial charge in [0.15, 0.2) is 0 Å². The van der Waals surface area contributed by atoms with E-state index < -0.39 is 0 Å². The highest BCUT2D eigenvalue weighted by Gasteiger charge is 2.27. The molecule has 3 nitrogen and oxygen atoms in total. The van der Waals surface area contributed by atoms with Crippen molar-refractivity contribution >= 4 is 18.3 Å². The van der Waals surface area contributed by atoms with Gasteiger partial charge in [-0.1, -0.05) is 42.5 Å². The van der Waals surface area contributed by atoms with E-state index in [1.807, 2.05) is 36.4 Å². The number of carbonyl (C=O) groups is 1. The largest absolute Gasteiger partial charge is 0.345 e. The number of hydrogen-bond acceptors (Lipinski definition) is 2. The zero-order valence-corrected chi connectivity index (χ0v) is 15.1. The van der Waals surface area contributed by atoms with E-state index in [0.717, 1.165) is 30.5 Å². The van der Waals surface area contributed by atoms with Crippen molar-refractivity contribution in [3.05, 3.63) is 71.5 Å². The first kappa shape index (κ1) is 19.4. The van der Waals surface area contributed by atoms with Crippen LogP contribution in [0.1, 0.15) is 36.9 Å². The summed E-state index contributed by atoms with van der Waals surface area (Å²) in [5.41, 5.74) is 1.72. The fourth-order valence-corrected chi connectivity index (χ4v) is 3.32. The molecule has 0 spiro atoms. The average molecular weight is 363 g/mol. The van der Waals surface area contributed by atoms with E-state index in [4.69, 9.17) is 0 Å². The summed E-state index contributed by atoms with van der Waals surface area (Å²) in [6, 6.07) is 16.2. The van der Waals surface area contributed by atoms with Crippen LogP contribution in [0.15, 0.2) is 54.6 Å². The van der Waals surface area contributed by atoms with Crippen molar-refractivity contribution in [2.24, 2.45) is 5.92 Å². The Bertz CT molecular complexity index is 695. The number of rotatable bonds is 4. The normalized spacial score (nSPS) is 21.0. The third kappa shape index (κ3) is 5.03.